The Morgan fingerprint density at radius 1 is 1.36 bits per heavy atom. The van der Waals surface area contributed by atoms with Gasteiger partial charge in [-0.1, -0.05) is 35.9 Å². The van der Waals surface area contributed by atoms with Gasteiger partial charge in [0.1, 0.15) is 11.8 Å². The van der Waals surface area contributed by atoms with Gasteiger partial charge in [-0.25, -0.2) is 0 Å². The number of carbonyl (C=O) groups is 2. The standard InChI is InChI=1S/C20H21ClN2O5/c1-12-3-2-4-14(19(12)21)13-5-6-16-17(9-13)28-11-18(25)23(16)8-7-22-15(10-24)20(26)27/h2-6,9,15,22,24H,7-8,10-11H2,1H3,(H,26,27)/t15-/m0/s1. The fourth-order valence-electron chi connectivity index (χ4n) is 3.07. The highest BCUT2D eigenvalue weighted by molar-refractivity contribution is 6.34. The quantitative estimate of drug-likeness (QED) is 0.653. The summed E-state index contributed by atoms with van der Waals surface area (Å²) in [7, 11) is 0. The average molecular weight is 405 g/mol. The highest BCUT2D eigenvalue weighted by Gasteiger charge is 2.26. The van der Waals surface area contributed by atoms with Crippen molar-refractivity contribution < 1.29 is 24.5 Å². The molecule has 7 nitrogen and oxygen atoms in total. The number of rotatable bonds is 7. The number of aliphatic carboxylic acids is 1. The highest BCUT2D eigenvalue weighted by Crippen LogP contribution is 2.38. The van der Waals surface area contributed by atoms with E-state index >= 15 is 0 Å². The molecule has 0 fully saturated rings. The Labute approximate surface area is 167 Å². The second-order valence-corrected chi connectivity index (χ2v) is 6.86. The first-order valence-electron chi connectivity index (χ1n) is 8.82. The molecule has 148 valence electrons. The number of hydrogen-bond donors (Lipinski definition) is 3. The van der Waals surface area contributed by atoms with Crippen LogP contribution in [0.15, 0.2) is 36.4 Å². The largest absolute Gasteiger partial charge is 0.482 e. The number of ether oxygens (including phenoxy) is 1. The lowest BCUT2D eigenvalue weighted by Crippen LogP contribution is -2.46. The molecule has 2 aromatic carbocycles. The van der Waals surface area contributed by atoms with E-state index in [1.165, 1.54) is 0 Å². The van der Waals surface area contributed by atoms with E-state index in [1.807, 2.05) is 37.3 Å². The minimum absolute atomic E-state index is 0.0969. The van der Waals surface area contributed by atoms with Crippen LogP contribution in [0.3, 0.4) is 0 Å². The molecule has 2 aromatic rings. The van der Waals surface area contributed by atoms with E-state index in [4.69, 9.17) is 26.6 Å². The molecule has 8 heteroatoms. The van der Waals surface area contributed by atoms with Crippen molar-refractivity contribution in [3.63, 3.8) is 0 Å². The Morgan fingerprint density at radius 2 is 2.14 bits per heavy atom. The molecule has 1 aliphatic rings. The summed E-state index contributed by atoms with van der Waals surface area (Å²) in [6.07, 6.45) is 0. The van der Waals surface area contributed by atoms with Gasteiger partial charge in [-0.3, -0.25) is 9.59 Å². The number of aliphatic hydroxyl groups excluding tert-OH is 1. The number of fused-ring (bicyclic) bond motifs is 1. The molecule has 1 atom stereocenters. The molecule has 0 radical (unpaired) electrons. The van der Waals surface area contributed by atoms with Crippen molar-refractivity contribution >= 4 is 29.2 Å². The predicted octanol–water partition coefficient (Wildman–Crippen LogP) is 2.08. The zero-order valence-corrected chi connectivity index (χ0v) is 16.1. The van der Waals surface area contributed by atoms with Gasteiger partial charge in [-0.2, -0.15) is 0 Å². The Hall–Kier alpha value is -2.61. The van der Waals surface area contributed by atoms with Crippen LogP contribution < -0.4 is 15.0 Å². The fourth-order valence-corrected chi connectivity index (χ4v) is 3.30. The van der Waals surface area contributed by atoms with E-state index in [2.05, 4.69) is 5.32 Å². The molecular formula is C20H21ClN2O5. The number of nitrogens with zero attached hydrogens (tertiary/aromatic N) is 1. The van der Waals surface area contributed by atoms with Crippen molar-refractivity contribution in [1.82, 2.24) is 5.32 Å². The maximum atomic E-state index is 12.3. The predicted molar refractivity (Wildman–Crippen MR) is 106 cm³/mol. The monoisotopic (exact) mass is 404 g/mol. The molecular weight excluding hydrogens is 384 g/mol. The number of hydrogen-bond acceptors (Lipinski definition) is 5. The molecule has 0 saturated carbocycles. The van der Waals surface area contributed by atoms with Crippen LogP contribution in [0.25, 0.3) is 11.1 Å². The van der Waals surface area contributed by atoms with Crippen molar-refractivity contribution in [2.45, 2.75) is 13.0 Å². The summed E-state index contributed by atoms with van der Waals surface area (Å²) < 4.78 is 5.60. The lowest BCUT2D eigenvalue weighted by molar-refractivity contribution is -0.140. The van der Waals surface area contributed by atoms with Gasteiger partial charge in [-0.15, -0.1) is 0 Å². The van der Waals surface area contributed by atoms with E-state index in [0.29, 0.717) is 16.5 Å². The third-order valence-electron chi connectivity index (χ3n) is 4.61. The maximum absolute atomic E-state index is 12.3. The molecule has 0 aromatic heterocycles. The fraction of sp³-hybridized carbons (Fsp3) is 0.300. The summed E-state index contributed by atoms with van der Waals surface area (Å²) in [4.78, 5) is 24.8. The van der Waals surface area contributed by atoms with Crippen LogP contribution in [0.5, 0.6) is 5.75 Å². The van der Waals surface area contributed by atoms with Gasteiger partial charge >= 0.3 is 5.97 Å². The minimum atomic E-state index is -1.14. The topological polar surface area (TPSA) is 99.1 Å². The lowest BCUT2D eigenvalue weighted by atomic mass is 10.0. The summed E-state index contributed by atoms with van der Waals surface area (Å²) in [6, 6.07) is 10.2. The molecule has 3 rings (SSSR count). The van der Waals surface area contributed by atoms with Gasteiger partial charge in [-0.05, 0) is 30.2 Å². The Balaban J connectivity index is 1.81. The van der Waals surface area contributed by atoms with E-state index < -0.39 is 18.6 Å². The lowest BCUT2D eigenvalue weighted by Gasteiger charge is -2.30. The molecule has 0 saturated heterocycles. The van der Waals surface area contributed by atoms with Crippen LogP contribution in [0.2, 0.25) is 5.02 Å². The highest BCUT2D eigenvalue weighted by atomic mass is 35.5. The van der Waals surface area contributed by atoms with Gasteiger partial charge in [0.05, 0.1) is 17.3 Å². The minimum Gasteiger partial charge on any atom is -0.482 e. The zero-order chi connectivity index (χ0) is 20.3. The third-order valence-corrected chi connectivity index (χ3v) is 5.11. The molecule has 1 amide bonds. The molecule has 1 heterocycles. The molecule has 1 aliphatic heterocycles. The van der Waals surface area contributed by atoms with Crippen molar-refractivity contribution in [2.24, 2.45) is 0 Å². The number of amides is 1. The molecule has 28 heavy (non-hydrogen) atoms. The normalized spacial score (nSPS) is 14.4. The smallest absolute Gasteiger partial charge is 0.323 e. The number of carboxylic acid groups (broad SMARTS) is 1. The summed E-state index contributed by atoms with van der Waals surface area (Å²) >= 11 is 6.42. The number of aryl methyl sites for hydroxylation is 1. The number of carboxylic acids is 1. The second kappa shape index (κ2) is 8.60. The number of aliphatic hydroxyl groups is 1. The van der Waals surface area contributed by atoms with Crippen molar-refractivity contribution in [1.29, 1.82) is 0 Å². The van der Waals surface area contributed by atoms with Crippen LogP contribution >= 0.6 is 11.6 Å². The van der Waals surface area contributed by atoms with Crippen LogP contribution in [-0.4, -0.2) is 54.4 Å². The van der Waals surface area contributed by atoms with Crippen LogP contribution in [0.4, 0.5) is 5.69 Å². The summed E-state index contributed by atoms with van der Waals surface area (Å²) in [5.74, 6) is -0.797. The molecule has 3 N–H and O–H groups in total. The molecule has 0 bridgehead atoms. The molecule has 0 spiro atoms. The van der Waals surface area contributed by atoms with E-state index in [-0.39, 0.29) is 25.6 Å². The summed E-state index contributed by atoms with van der Waals surface area (Å²) in [6.45, 7) is 1.78. The molecule has 0 unspecified atom stereocenters. The Bertz CT molecular complexity index is 902. The second-order valence-electron chi connectivity index (χ2n) is 6.48. The van der Waals surface area contributed by atoms with Gasteiger partial charge in [0.2, 0.25) is 0 Å². The summed E-state index contributed by atoms with van der Waals surface area (Å²) in [5, 5.41) is 21.4. The number of benzene rings is 2. The zero-order valence-electron chi connectivity index (χ0n) is 15.3. The first-order valence-corrected chi connectivity index (χ1v) is 9.20. The summed E-state index contributed by atoms with van der Waals surface area (Å²) in [5.41, 5.74) is 3.34. The third kappa shape index (κ3) is 4.11. The van der Waals surface area contributed by atoms with Crippen molar-refractivity contribution in [2.75, 3.05) is 31.2 Å². The van der Waals surface area contributed by atoms with E-state index in [9.17, 15) is 9.59 Å². The number of carbonyl (C=O) groups excluding carboxylic acids is 1. The van der Waals surface area contributed by atoms with Crippen LogP contribution in [0, 0.1) is 6.92 Å². The average Bonchev–Trinajstić information content (AvgIpc) is 2.68. The maximum Gasteiger partial charge on any atom is 0.323 e. The first-order chi connectivity index (χ1) is 13.4. The van der Waals surface area contributed by atoms with Crippen molar-refractivity contribution in [3.8, 4) is 16.9 Å². The number of nitrogens with one attached hydrogen (secondary N) is 1. The number of anilines is 1. The van der Waals surface area contributed by atoms with Gasteiger partial charge in [0, 0.05) is 18.7 Å². The SMILES string of the molecule is Cc1cccc(-c2ccc3c(c2)OCC(=O)N3CCN[C@@H](CO)C(=O)O)c1Cl. The van der Waals surface area contributed by atoms with Gasteiger partial charge < -0.3 is 25.2 Å². The number of halogens is 1. The van der Waals surface area contributed by atoms with E-state index in [1.54, 1.807) is 11.0 Å². The first kappa shape index (κ1) is 20.1. The van der Waals surface area contributed by atoms with Crippen molar-refractivity contribution in [3.05, 3.63) is 47.0 Å². The Morgan fingerprint density at radius 3 is 2.86 bits per heavy atom. The van der Waals surface area contributed by atoms with E-state index in [0.717, 1.165) is 16.7 Å². The van der Waals surface area contributed by atoms with Gasteiger partial charge in [0.25, 0.3) is 5.91 Å². The van der Waals surface area contributed by atoms with Crippen LogP contribution in [0.1, 0.15) is 5.56 Å². The Kier molecular flexibility index (Phi) is 6.18. The van der Waals surface area contributed by atoms with Crippen LogP contribution in [-0.2, 0) is 9.59 Å². The van der Waals surface area contributed by atoms with Gasteiger partial charge in [0.15, 0.2) is 6.61 Å². The molecule has 0 aliphatic carbocycles.